The van der Waals surface area contributed by atoms with E-state index in [2.05, 4.69) is 15.6 Å². The van der Waals surface area contributed by atoms with E-state index in [0.29, 0.717) is 24.8 Å². The summed E-state index contributed by atoms with van der Waals surface area (Å²) in [5, 5.41) is 16.7. The van der Waals surface area contributed by atoms with Gasteiger partial charge in [-0.15, -0.1) is 0 Å². The van der Waals surface area contributed by atoms with Crippen LogP contribution in [0.15, 0.2) is 57.0 Å². The lowest BCUT2D eigenvalue weighted by Gasteiger charge is -2.22. The molecule has 1 aromatic carbocycles. The number of hydrogen-bond acceptors (Lipinski definition) is 5. The minimum absolute atomic E-state index is 0.222. The monoisotopic (exact) mass is 379 g/mol. The zero-order chi connectivity index (χ0) is 19.2. The summed E-state index contributed by atoms with van der Waals surface area (Å²) in [6.07, 6.45) is 2.70. The lowest BCUT2D eigenvalue weighted by Crippen LogP contribution is -2.44. The van der Waals surface area contributed by atoms with Gasteiger partial charge in [-0.3, -0.25) is 0 Å². The van der Waals surface area contributed by atoms with Crippen molar-refractivity contribution in [3.63, 3.8) is 0 Å². The van der Waals surface area contributed by atoms with Crippen molar-refractivity contribution in [1.29, 1.82) is 0 Å². The maximum absolute atomic E-state index is 11.5. The molecule has 0 aliphatic carbocycles. The molecule has 3 N–H and O–H groups in total. The van der Waals surface area contributed by atoms with Crippen LogP contribution in [0.1, 0.15) is 25.2 Å². The fourth-order valence-corrected chi connectivity index (χ4v) is 2.91. The van der Waals surface area contributed by atoms with E-state index >= 15 is 0 Å². The molecule has 0 aliphatic heterocycles. The minimum Gasteiger partial charge on any atom is -0.466 e. The first kappa shape index (κ1) is 20.0. The van der Waals surface area contributed by atoms with Crippen molar-refractivity contribution >= 4 is 15.8 Å². The highest BCUT2D eigenvalue weighted by molar-refractivity contribution is 7.90. The SMILES string of the molecule is CCNC(=NCc1ccc(S(C)(=O)=O)cc1)NCC(C)(O)c1ccco1. The summed E-state index contributed by atoms with van der Waals surface area (Å²) in [6, 6.07) is 10.1. The number of aliphatic hydroxyl groups is 1. The molecular weight excluding hydrogens is 354 g/mol. The molecule has 0 spiro atoms. The molecule has 0 aliphatic rings. The van der Waals surface area contributed by atoms with Gasteiger partial charge in [0.05, 0.1) is 24.2 Å². The van der Waals surface area contributed by atoms with Crippen LogP contribution in [0.2, 0.25) is 0 Å². The molecule has 0 saturated carbocycles. The Bertz CT molecular complexity index is 826. The van der Waals surface area contributed by atoms with Crippen LogP contribution in [0, 0.1) is 0 Å². The number of furan rings is 1. The van der Waals surface area contributed by atoms with E-state index in [1.807, 2.05) is 6.92 Å². The second-order valence-electron chi connectivity index (χ2n) is 6.22. The van der Waals surface area contributed by atoms with Crippen molar-refractivity contribution in [2.45, 2.75) is 30.9 Å². The quantitative estimate of drug-likeness (QED) is 0.499. The molecule has 1 atom stereocenters. The third-order valence-corrected chi connectivity index (χ3v) is 4.90. The van der Waals surface area contributed by atoms with Crippen molar-refractivity contribution in [3.05, 3.63) is 54.0 Å². The average molecular weight is 379 g/mol. The second-order valence-corrected chi connectivity index (χ2v) is 8.23. The zero-order valence-electron chi connectivity index (χ0n) is 15.2. The van der Waals surface area contributed by atoms with Crippen molar-refractivity contribution < 1.29 is 17.9 Å². The van der Waals surface area contributed by atoms with Crippen molar-refractivity contribution in [2.75, 3.05) is 19.3 Å². The molecule has 8 heteroatoms. The molecule has 7 nitrogen and oxygen atoms in total. The molecule has 1 heterocycles. The van der Waals surface area contributed by atoms with Crippen LogP contribution in [-0.2, 0) is 22.0 Å². The van der Waals surface area contributed by atoms with Gasteiger partial charge in [0, 0.05) is 12.8 Å². The van der Waals surface area contributed by atoms with Gasteiger partial charge in [0.15, 0.2) is 15.8 Å². The lowest BCUT2D eigenvalue weighted by atomic mass is 10.0. The predicted octanol–water partition coefficient (Wildman–Crippen LogP) is 1.65. The van der Waals surface area contributed by atoms with E-state index in [9.17, 15) is 13.5 Å². The van der Waals surface area contributed by atoms with E-state index in [-0.39, 0.29) is 11.4 Å². The van der Waals surface area contributed by atoms with Gasteiger partial charge < -0.3 is 20.2 Å². The maximum Gasteiger partial charge on any atom is 0.191 e. The van der Waals surface area contributed by atoms with E-state index in [4.69, 9.17) is 4.42 Å². The maximum atomic E-state index is 11.5. The van der Waals surface area contributed by atoms with Crippen molar-refractivity contribution in [1.82, 2.24) is 10.6 Å². The second kappa shape index (κ2) is 8.37. The molecule has 142 valence electrons. The van der Waals surface area contributed by atoms with Crippen LogP contribution >= 0.6 is 0 Å². The first-order valence-electron chi connectivity index (χ1n) is 8.30. The van der Waals surface area contributed by atoms with Crippen molar-refractivity contribution in [2.24, 2.45) is 4.99 Å². The number of rotatable bonds is 7. The van der Waals surface area contributed by atoms with Gasteiger partial charge in [-0.2, -0.15) is 0 Å². The molecule has 0 amide bonds. The standard InChI is InChI=1S/C18H25N3O4S/c1-4-19-17(21-13-18(2,22)16-6-5-11-25-16)20-12-14-7-9-15(10-8-14)26(3,23)24/h5-11,22H,4,12-13H2,1-3H3,(H2,19,20,21). The normalized spacial score (nSPS) is 14.7. The number of benzene rings is 1. The molecule has 2 rings (SSSR count). The number of hydrogen-bond donors (Lipinski definition) is 3. The van der Waals surface area contributed by atoms with Crippen LogP contribution in [-0.4, -0.2) is 38.8 Å². The summed E-state index contributed by atoms with van der Waals surface area (Å²) in [4.78, 5) is 4.75. The molecule has 26 heavy (non-hydrogen) atoms. The summed E-state index contributed by atoms with van der Waals surface area (Å²) in [5.41, 5.74) is -0.288. The van der Waals surface area contributed by atoms with Gasteiger partial charge >= 0.3 is 0 Å². The first-order valence-corrected chi connectivity index (χ1v) is 10.2. The van der Waals surface area contributed by atoms with E-state index in [1.54, 1.807) is 43.3 Å². The molecule has 2 aromatic rings. The van der Waals surface area contributed by atoms with Gasteiger partial charge in [0.2, 0.25) is 0 Å². The molecule has 0 fully saturated rings. The number of nitrogens with one attached hydrogen (secondary N) is 2. The van der Waals surface area contributed by atoms with E-state index in [0.717, 1.165) is 5.56 Å². The van der Waals surface area contributed by atoms with E-state index in [1.165, 1.54) is 12.5 Å². The Morgan fingerprint density at radius 1 is 1.23 bits per heavy atom. The third-order valence-electron chi connectivity index (χ3n) is 3.77. The third kappa shape index (κ3) is 5.60. The topological polar surface area (TPSA) is 104 Å². The van der Waals surface area contributed by atoms with Gasteiger partial charge in [-0.05, 0) is 43.7 Å². The Labute approximate surface area is 154 Å². The molecule has 0 saturated heterocycles. The Morgan fingerprint density at radius 3 is 2.46 bits per heavy atom. The largest absolute Gasteiger partial charge is 0.466 e. The summed E-state index contributed by atoms with van der Waals surface area (Å²) >= 11 is 0. The molecule has 0 radical (unpaired) electrons. The number of guanidine groups is 1. The summed E-state index contributed by atoms with van der Waals surface area (Å²) in [7, 11) is -3.20. The van der Waals surface area contributed by atoms with Crippen LogP contribution in [0.3, 0.4) is 0 Å². The number of nitrogens with zero attached hydrogens (tertiary/aromatic N) is 1. The van der Waals surface area contributed by atoms with Crippen LogP contribution in [0.4, 0.5) is 0 Å². The average Bonchev–Trinajstić information content (AvgIpc) is 3.12. The predicted molar refractivity (Wildman–Crippen MR) is 101 cm³/mol. The van der Waals surface area contributed by atoms with Crippen molar-refractivity contribution in [3.8, 4) is 0 Å². The Morgan fingerprint density at radius 2 is 1.92 bits per heavy atom. The number of aliphatic imine (C=N–C) groups is 1. The highest BCUT2D eigenvalue weighted by Crippen LogP contribution is 2.19. The van der Waals surface area contributed by atoms with Crippen LogP contribution < -0.4 is 10.6 Å². The zero-order valence-corrected chi connectivity index (χ0v) is 16.0. The molecule has 1 unspecified atom stereocenters. The lowest BCUT2D eigenvalue weighted by molar-refractivity contribution is 0.0386. The van der Waals surface area contributed by atoms with Gasteiger partial charge in [0.1, 0.15) is 11.4 Å². The Hall–Kier alpha value is -2.32. The highest BCUT2D eigenvalue weighted by Gasteiger charge is 2.26. The van der Waals surface area contributed by atoms with Gasteiger partial charge in [-0.1, -0.05) is 12.1 Å². The Kier molecular flexibility index (Phi) is 6.44. The van der Waals surface area contributed by atoms with Gasteiger partial charge in [-0.25, -0.2) is 13.4 Å². The summed E-state index contributed by atoms with van der Waals surface area (Å²) in [6.45, 7) is 4.87. The minimum atomic E-state index is -3.20. The van der Waals surface area contributed by atoms with Gasteiger partial charge in [0.25, 0.3) is 0 Å². The summed E-state index contributed by atoms with van der Waals surface area (Å²) in [5.74, 6) is 1.02. The summed E-state index contributed by atoms with van der Waals surface area (Å²) < 4.78 is 28.2. The molecular formula is C18H25N3O4S. The highest BCUT2D eigenvalue weighted by atomic mass is 32.2. The number of sulfone groups is 1. The fraction of sp³-hybridized carbons (Fsp3) is 0.389. The Balaban J connectivity index is 2.02. The van der Waals surface area contributed by atoms with E-state index < -0.39 is 15.4 Å². The van der Waals surface area contributed by atoms with Crippen LogP contribution in [0.25, 0.3) is 0 Å². The first-order chi connectivity index (χ1) is 12.2. The fourth-order valence-electron chi connectivity index (χ4n) is 2.28. The van der Waals surface area contributed by atoms with Crippen LogP contribution in [0.5, 0.6) is 0 Å². The smallest absolute Gasteiger partial charge is 0.191 e. The molecule has 0 bridgehead atoms. The molecule has 1 aromatic heterocycles.